The van der Waals surface area contributed by atoms with Gasteiger partial charge in [0.2, 0.25) is 0 Å². The second-order valence-corrected chi connectivity index (χ2v) is 7.97. The molecule has 114 valence electrons. The fourth-order valence-corrected chi connectivity index (χ4v) is 3.90. The van der Waals surface area contributed by atoms with Gasteiger partial charge in [-0.05, 0) is 24.4 Å². The summed E-state index contributed by atoms with van der Waals surface area (Å²) in [7, 11) is 0. The zero-order valence-electron chi connectivity index (χ0n) is 12.6. The van der Waals surface area contributed by atoms with Gasteiger partial charge in [0.05, 0.1) is 0 Å². The van der Waals surface area contributed by atoms with E-state index in [-0.39, 0.29) is 0 Å². The Morgan fingerprint density at radius 1 is 1.24 bits per heavy atom. The lowest BCUT2D eigenvalue weighted by atomic mass is 10.2. The third-order valence-corrected chi connectivity index (χ3v) is 5.41. The van der Waals surface area contributed by atoms with Gasteiger partial charge in [-0.25, -0.2) is 9.97 Å². The molecule has 0 radical (unpaired) electrons. The van der Waals surface area contributed by atoms with E-state index >= 15 is 0 Å². The van der Waals surface area contributed by atoms with Gasteiger partial charge in [0.15, 0.2) is 8.68 Å². The van der Waals surface area contributed by atoms with E-state index in [1.54, 1.807) is 34.9 Å². The van der Waals surface area contributed by atoms with Crippen LogP contribution in [0.5, 0.6) is 0 Å². The molecule has 0 fully saturated rings. The van der Waals surface area contributed by atoms with Gasteiger partial charge in [-0.1, -0.05) is 43.9 Å². The molecule has 5 nitrogen and oxygen atoms in total. The lowest BCUT2D eigenvalue weighted by Gasteiger charge is -2.10. The molecule has 21 heavy (non-hydrogen) atoms. The van der Waals surface area contributed by atoms with Crippen molar-refractivity contribution in [2.24, 2.45) is 0 Å². The molecule has 0 aromatic carbocycles. The average Bonchev–Trinajstić information content (AvgIpc) is 2.92. The molecule has 2 aromatic heterocycles. The molecule has 0 atom stereocenters. The smallest absolute Gasteiger partial charge is 0.181 e. The minimum Gasteiger partial charge on any atom is -0.370 e. The molecule has 2 rings (SSSR count). The van der Waals surface area contributed by atoms with E-state index in [1.807, 2.05) is 12.3 Å². The Morgan fingerprint density at radius 2 is 2.00 bits per heavy atom. The number of hydrogen-bond acceptors (Lipinski definition) is 8. The summed E-state index contributed by atoms with van der Waals surface area (Å²) in [5.74, 6) is 2.03. The van der Waals surface area contributed by atoms with Crippen LogP contribution < -0.4 is 5.32 Å². The molecule has 2 aromatic rings. The third kappa shape index (κ3) is 4.82. The predicted octanol–water partition coefficient (Wildman–Crippen LogP) is 4.15. The molecule has 0 bridgehead atoms. The van der Waals surface area contributed by atoms with E-state index < -0.39 is 0 Å². The highest BCUT2D eigenvalue weighted by molar-refractivity contribution is 8.02. The van der Waals surface area contributed by atoms with E-state index in [4.69, 9.17) is 0 Å². The van der Waals surface area contributed by atoms with Gasteiger partial charge >= 0.3 is 0 Å². The van der Waals surface area contributed by atoms with Gasteiger partial charge in [0, 0.05) is 18.5 Å². The summed E-state index contributed by atoms with van der Waals surface area (Å²) in [6.07, 6.45) is 3.07. The Morgan fingerprint density at radius 3 is 2.62 bits per heavy atom. The predicted molar refractivity (Wildman–Crippen MR) is 90.7 cm³/mol. The summed E-state index contributed by atoms with van der Waals surface area (Å²) in [4.78, 5) is 9.18. The number of rotatable bonds is 7. The van der Waals surface area contributed by atoms with Gasteiger partial charge in [-0.3, -0.25) is 0 Å². The lowest BCUT2D eigenvalue weighted by Crippen LogP contribution is -2.06. The third-order valence-electron chi connectivity index (χ3n) is 2.55. The molecule has 1 N–H and O–H groups in total. The molecule has 0 aliphatic rings. The van der Waals surface area contributed by atoms with Crippen molar-refractivity contribution in [1.29, 1.82) is 0 Å². The standard InChI is InChI=1S/C13H19N5S3/c1-5-6-14-9-7-10(16-11(15-9)8(2)3)20-13-18-17-12(19-4)21-13/h7-8H,5-6H2,1-4H3,(H,14,15,16). The number of thioether (sulfide) groups is 1. The number of hydrogen-bond donors (Lipinski definition) is 1. The molecular formula is C13H19N5S3. The van der Waals surface area contributed by atoms with E-state index in [9.17, 15) is 0 Å². The van der Waals surface area contributed by atoms with Crippen LogP contribution in [0.2, 0.25) is 0 Å². The van der Waals surface area contributed by atoms with Crippen LogP contribution in [0, 0.1) is 0 Å². The molecule has 2 heterocycles. The van der Waals surface area contributed by atoms with Crippen LogP contribution in [-0.2, 0) is 0 Å². The van der Waals surface area contributed by atoms with Crippen LogP contribution in [0.1, 0.15) is 38.9 Å². The maximum absolute atomic E-state index is 4.62. The molecule has 0 aliphatic carbocycles. The van der Waals surface area contributed by atoms with Gasteiger partial charge < -0.3 is 5.32 Å². The number of aromatic nitrogens is 4. The van der Waals surface area contributed by atoms with Crippen molar-refractivity contribution in [1.82, 2.24) is 20.2 Å². The Hall–Kier alpha value is -0.860. The number of nitrogens with one attached hydrogen (secondary N) is 1. The average molecular weight is 342 g/mol. The maximum atomic E-state index is 4.62. The summed E-state index contributed by atoms with van der Waals surface area (Å²) in [6.45, 7) is 7.25. The van der Waals surface area contributed by atoms with Gasteiger partial charge in [0.25, 0.3) is 0 Å². The van der Waals surface area contributed by atoms with Crippen molar-refractivity contribution in [3.63, 3.8) is 0 Å². The highest BCUT2D eigenvalue weighted by Gasteiger charge is 2.11. The fraction of sp³-hybridized carbons (Fsp3) is 0.538. The normalized spacial score (nSPS) is 11.1. The van der Waals surface area contributed by atoms with Crippen LogP contribution in [0.3, 0.4) is 0 Å². The number of anilines is 1. The first kappa shape index (κ1) is 16.5. The summed E-state index contributed by atoms with van der Waals surface area (Å²) < 4.78 is 1.88. The lowest BCUT2D eigenvalue weighted by molar-refractivity contribution is 0.753. The van der Waals surface area contributed by atoms with Crippen molar-refractivity contribution >= 4 is 40.7 Å². The molecule has 0 spiro atoms. The molecule has 0 amide bonds. The van der Waals surface area contributed by atoms with Crippen LogP contribution >= 0.6 is 34.9 Å². The zero-order valence-corrected chi connectivity index (χ0v) is 15.0. The van der Waals surface area contributed by atoms with Crippen LogP contribution in [-0.4, -0.2) is 33.0 Å². The van der Waals surface area contributed by atoms with Crippen LogP contribution in [0.25, 0.3) is 0 Å². The SMILES string of the molecule is CCCNc1cc(Sc2nnc(SC)s2)nc(C(C)C)n1. The van der Waals surface area contributed by atoms with Crippen molar-refractivity contribution in [3.8, 4) is 0 Å². The Kier molecular flexibility index (Phi) is 6.25. The minimum atomic E-state index is 0.295. The molecular weight excluding hydrogens is 322 g/mol. The second-order valence-electron chi connectivity index (χ2n) is 4.67. The monoisotopic (exact) mass is 341 g/mol. The Balaban J connectivity index is 2.22. The first-order valence-electron chi connectivity index (χ1n) is 6.80. The highest BCUT2D eigenvalue weighted by atomic mass is 32.2. The number of nitrogens with zero attached hydrogens (tertiary/aromatic N) is 4. The molecule has 0 saturated heterocycles. The summed E-state index contributed by atoms with van der Waals surface area (Å²) in [5.41, 5.74) is 0. The van der Waals surface area contributed by atoms with E-state index in [1.165, 1.54) is 0 Å². The van der Waals surface area contributed by atoms with Gasteiger partial charge in [0.1, 0.15) is 16.7 Å². The molecule has 0 saturated carbocycles. The largest absolute Gasteiger partial charge is 0.370 e. The maximum Gasteiger partial charge on any atom is 0.181 e. The molecule has 8 heteroatoms. The summed E-state index contributed by atoms with van der Waals surface area (Å²) >= 11 is 4.74. The van der Waals surface area contributed by atoms with Crippen molar-refractivity contribution in [2.75, 3.05) is 18.1 Å². The van der Waals surface area contributed by atoms with Crippen LogP contribution in [0.4, 0.5) is 5.82 Å². The topological polar surface area (TPSA) is 63.6 Å². The molecule has 0 unspecified atom stereocenters. The summed E-state index contributed by atoms with van der Waals surface area (Å²) in [6, 6.07) is 1.98. The van der Waals surface area contributed by atoms with E-state index in [0.29, 0.717) is 5.92 Å². The Bertz CT molecular complexity index is 585. The zero-order chi connectivity index (χ0) is 15.2. The van der Waals surface area contributed by atoms with Crippen molar-refractivity contribution in [2.45, 2.75) is 46.8 Å². The van der Waals surface area contributed by atoms with Crippen molar-refractivity contribution < 1.29 is 0 Å². The molecule has 0 aliphatic heterocycles. The van der Waals surface area contributed by atoms with Gasteiger partial charge in [-0.2, -0.15) is 0 Å². The van der Waals surface area contributed by atoms with E-state index in [2.05, 4.69) is 46.3 Å². The first-order valence-corrected chi connectivity index (χ1v) is 9.66. The quantitative estimate of drug-likeness (QED) is 0.599. The second kappa shape index (κ2) is 7.95. The summed E-state index contributed by atoms with van der Waals surface area (Å²) in [5, 5.41) is 12.5. The Labute approximate surface area is 137 Å². The van der Waals surface area contributed by atoms with Gasteiger partial charge in [-0.15, -0.1) is 10.2 Å². The highest BCUT2D eigenvalue weighted by Crippen LogP contribution is 2.33. The van der Waals surface area contributed by atoms with E-state index in [0.717, 1.165) is 38.3 Å². The first-order chi connectivity index (χ1) is 10.1. The fourth-order valence-electron chi connectivity index (χ4n) is 1.51. The van der Waals surface area contributed by atoms with Crippen LogP contribution in [0.15, 0.2) is 19.8 Å². The minimum absolute atomic E-state index is 0.295. The van der Waals surface area contributed by atoms with Crippen molar-refractivity contribution in [3.05, 3.63) is 11.9 Å².